The Hall–Kier alpha value is -1.55. The van der Waals surface area contributed by atoms with Gasteiger partial charge in [-0.25, -0.2) is 0 Å². The Bertz CT molecular complexity index is 420. The zero-order chi connectivity index (χ0) is 14.3. The number of unbranched alkanes of at least 4 members (excludes halogenated alkanes) is 1. The molecule has 0 aliphatic heterocycles. The predicted octanol–water partition coefficient (Wildman–Crippen LogP) is 2.61. The van der Waals surface area contributed by atoms with E-state index in [1.807, 2.05) is 31.2 Å². The Labute approximate surface area is 114 Å². The molecule has 1 aromatic carbocycles. The molecule has 0 saturated carbocycles. The number of carboxylic acid groups (broad SMARTS) is 1. The standard InChI is InChI=1S/C15H23NO3/c1-12-8-4-5-9-13(12)19-11-7-6-10-15(2,16-3)14(17)18/h4-5,8-9,16H,6-7,10-11H2,1-3H3,(H,17,18). The zero-order valence-corrected chi connectivity index (χ0v) is 11.9. The van der Waals surface area contributed by atoms with Gasteiger partial charge in [0.25, 0.3) is 0 Å². The van der Waals surface area contributed by atoms with Gasteiger partial charge in [0.05, 0.1) is 6.61 Å². The van der Waals surface area contributed by atoms with Crippen LogP contribution in [0.15, 0.2) is 24.3 Å². The highest BCUT2D eigenvalue weighted by Crippen LogP contribution is 2.18. The number of hydrogen-bond acceptors (Lipinski definition) is 3. The largest absolute Gasteiger partial charge is 0.493 e. The van der Waals surface area contributed by atoms with Crippen molar-refractivity contribution in [2.45, 2.75) is 38.6 Å². The van der Waals surface area contributed by atoms with Crippen LogP contribution in [0.3, 0.4) is 0 Å². The normalized spacial score (nSPS) is 13.8. The van der Waals surface area contributed by atoms with Crippen molar-refractivity contribution in [1.82, 2.24) is 5.32 Å². The number of ether oxygens (including phenoxy) is 1. The van der Waals surface area contributed by atoms with Crippen LogP contribution in [0.25, 0.3) is 0 Å². The van der Waals surface area contributed by atoms with Gasteiger partial charge in [-0.15, -0.1) is 0 Å². The summed E-state index contributed by atoms with van der Waals surface area (Å²) >= 11 is 0. The van der Waals surface area contributed by atoms with E-state index in [0.717, 1.165) is 24.2 Å². The molecule has 0 bridgehead atoms. The van der Waals surface area contributed by atoms with Gasteiger partial charge in [0, 0.05) is 0 Å². The highest BCUT2D eigenvalue weighted by atomic mass is 16.5. The summed E-state index contributed by atoms with van der Waals surface area (Å²) < 4.78 is 5.68. The van der Waals surface area contributed by atoms with Gasteiger partial charge in [0.1, 0.15) is 11.3 Å². The van der Waals surface area contributed by atoms with E-state index in [1.54, 1.807) is 14.0 Å². The zero-order valence-electron chi connectivity index (χ0n) is 11.9. The fraction of sp³-hybridized carbons (Fsp3) is 0.533. The van der Waals surface area contributed by atoms with E-state index in [9.17, 15) is 4.79 Å². The van der Waals surface area contributed by atoms with Crippen molar-refractivity contribution < 1.29 is 14.6 Å². The molecule has 1 atom stereocenters. The fourth-order valence-corrected chi connectivity index (χ4v) is 1.82. The van der Waals surface area contributed by atoms with Crippen LogP contribution in [-0.2, 0) is 4.79 Å². The molecule has 4 heteroatoms. The monoisotopic (exact) mass is 265 g/mol. The minimum Gasteiger partial charge on any atom is -0.493 e. The molecule has 19 heavy (non-hydrogen) atoms. The molecule has 0 radical (unpaired) electrons. The average molecular weight is 265 g/mol. The Morgan fingerprint density at radius 2 is 2.05 bits per heavy atom. The number of carbonyl (C=O) groups is 1. The molecule has 0 amide bonds. The fourth-order valence-electron chi connectivity index (χ4n) is 1.82. The second-order valence-corrected chi connectivity index (χ2v) is 4.96. The van der Waals surface area contributed by atoms with Gasteiger partial charge < -0.3 is 15.2 Å². The minimum atomic E-state index is -0.845. The van der Waals surface area contributed by atoms with Crippen molar-refractivity contribution in [2.75, 3.05) is 13.7 Å². The number of carboxylic acids is 1. The Kier molecular flexibility index (Phi) is 5.83. The molecule has 4 nitrogen and oxygen atoms in total. The van der Waals surface area contributed by atoms with Crippen LogP contribution in [0.4, 0.5) is 0 Å². The Morgan fingerprint density at radius 3 is 2.63 bits per heavy atom. The maximum atomic E-state index is 11.1. The molecule has 0 aliphatic rings. The quantitative estimate of drug-likeness (QED) is 0.709. The molecule has 1 rings (SSSR count). The lowest BCUT2D eigenvalue weighted by Crippen LogP contribution is -2.47. The summed E-state index contributed by atoms with van der Waals surface area (Å²) in [6.07, 6.45) is 2.25. The summed E-state index contributed by atoms with van der Waals surface area (Å²) in [5.41, 5.74) is 0.274. The van der Waals surface area contributed by atoms with E-state index in [-0.39, 0.29) is 0 Å². The number of nitrogens with one attached hydrogen (secondary N) is 1. The molecule has 1 aromatic rings. The lowest BCUT2D eigenvalue weighted by Gasteiger charge is -2.23. The smallest absolute Gasteiger partial charge is 0.323 e. The lowest BCUT2D eigenvalue weighted by atomic mass is 9.95. The van der Waals surface area contributed by atoms with E-state index in [4.69, 9.17) is 9.84 Å². The Balaban J connectivity index is 2.29. The second-order valence-electron chi connectivity index (χ2n) is 4.96. The molecule has 2 N–H and O–H groups in total. The highest BCUT2D eigenvalue weighted by Gasteiger charge is 2.29. The van der Waals surface area contributed by atoms with Crippen molar-refractivity contribution in [1.29, 1.82) is 0 Å². The summed E-state index contributed by atoms with van der Waals surface area (Å²) in [7, 11) is 1.68. The van der Waals surface area contributed by atoms with E-state index < -0.39 is 11.5 Å². The van der Waals surface area contributed by atoms with Crippen LogP contribution >= 0.6 is 0 Å². The summed E-state index contributed by atoms with van der Waals surface area (Å²) in [5, 5.41) is 12.0. The number of rotatable bonds is 8. The molecule has 106 valence electrons. The third kappa shape index (κ3) is 4.56. The summed E-state index contributed by atoms with van der Waals surface area (Å²) in [4.78, 5) is 11.1. The molecule has 0 aromatic heterocycles. The number of benzene rings is 1. The highest BCUT2D eigenvalue weighted by molar-refractivity contribution is 5.78. The van der Waals surface area contributed by atoms with Crippen molar-refractivity contribution >= 4 is 5.97 Å². The molecular weight excluding hydrogens is 242 g/mol. The predicted molar refractivity (Wildman–Crippen MR) is 75.6 cm³/mol. The van der Waals surface area contributed by atoms with Gasteiger partial charge in [0.2, 0.25) is 0 Å². The molecule has 0 aliphatic carbocycles. The SMILES string of the molecule is CNC(C)(CCCCOc1ccccc1C)C(=O)O. The summed E-state index contributed by atoms with van der Waals surface area (Å²) in [6.45, 7) is 4.33. The van der Waals surface area contributed by atoms with Crippen LogP contribution in [0.1, 0.15) is 31.7 Å². The van der Waals surface area contributed by atoms with Crippen molar-refractivity contribution in [2.24, 2.45) is 0 Å². The third-order valence-corrected chi connectivity index (χ3v) is 3.45. The van der Waals surface area contributed by atoms with Gasteiger partial charge in [-0.2, -0.15) is 0 Å². The van der Waals surface area contributed by atoms with Gasteiger partial charge in [-0.1, -0.05) is 18.2 Å². The van der Waals surface area contributed by atoms with Crippen LogP contribution < -0.4 is 10.1 Å². The first kappa shape index (κ1) is 15.5. The average Bonchev–Trinajstić information content (AvgIpc) is 2.39. The summed E-state index contributed by atoms with van der Waals surface area (Å²) in [5.74, 6) is 0.0898. The number of aliphatic carboxylic acids is 1. The second kappa shape index (κ2) is 7.14. The van der Waals surface area contributed by atoms with Gasteiger partial charge in [0.15, 0.2) is 0 Å². The Morgan fingerprint density at radius 1 is 1.37 bits per heavy atom. The molecule has 0 fully saturated rings. The summed E-state index contributed by atoms with van der Waals surface area (Å²) in [6, 6.07) is 7.89. The minimum absolute atomic E-state index is 0.593. The number of para-hydroxylation sites is 1. The topological polar surface area (TPSA) is 58.6 Å². The van der Waals surface area contributed by atoms with Crippen LogP contribution in [0.5, 0.6) is 5.75 Å². The van der Waals surface area contributed by atoms with E-state index in [1.165, 1.54) is 0 Å². The maximum Gasteiger partial charge on any atom is 0.323 e. The number of hydrogen-bond donors (Lipinski definition) is 2. The molecular formula is C15H23NO3. The van der Waals surface area contributed by atoms with E-state index in [2.05, 4.69) is 5.32 Å². The van der Waals surface area contributed by atoms with Crippen LogP contribution in [-0.4, -0.2) is 30.3 Å². The van der Waals surface area contributed by atoms with E-state index in [0.29, 0.717) is 13.0 Å². The van der Waals surface area contributed by atoms with Crippen LogP contribution in [0.2, 0.25) is 0 Å². The first-order valence-corrected chi connectivity index (χ1v) is 6.60. The third-order valence-electron chi connectivity index (χ3n) is 3.45. The molecule has 1 unspecified atom stereocenters. The first-order valence-electron chi connectivity index (χ1n) is 6.60. The maximum absolute atomic E-state index is 11.1. The first-order chi connectivity index (χ1) is 8.99. The van der Waals surface area contributed by atoms with Crippen molar-refractivity contribution in [3.63, 3.8) is 0 Å². The number of aryl methyl sites for hydroxylation is 1. The molecule has 0 heterocycles. The van der Waals surface area contributed by atoms with E-state index >= 15 is 0 Å². The van der Waals surface area contributed by atoms with Gasteiger partial charge >= 0.3 is 5.97 Å². The van der Waals surface area contributed by atoms with Crippen LogP contribution in [0, 0.1) is 6.92 Å². The van der Waals surface area contributed by atoms with Gasteiger partial charge in [-0.3, -0.25) is 4.79 Å². The van der Waals surface area contributed by atoms with Crippen molar-refractivity contribution in [3.8, 4) is 5.75 Å². The lowest BCUT2D eigenvalue weighted by molar-refractivity contribution is -0.144. The number of likely N-dealkylation sites (N-methyl/N-ethyl adjacent to an activating group) is 1. The van der Waals surface area contributed by atoms with Gasteiger partial charge in [-0.05, 0) is 51.8 Å². The molecule has 0 saturated heterocycles. The van der Waals surface area contributed by atoms with Crippen molar-refractivity contribution in [3.05, 3.63) is 29.8 Å². The molecule has 0 spiro atoms.